The molecule has 5 nitrogen and oxygen atoms in total. The maximum atomic E-state index is 12.6. The molecule has 0 radical (unpaired) electrons. The first kappa shape index (κ1) is 17.0. The van der Waals surface area contributed by atoms with E-state index in [9.17, 15) is 4.79 Å². The van der Waals surface area contributed by atoms with E-state index in [0.717, 1.165) is 29.8 Å². The van der Waals surface area contributed by atoms with E-state index in [1.807, 2.05) is 49.4 Å². The second-order valence-corrected chi connectivity index (χ2v) is 5.82. The van der Waals surface area contributed by atoms with Gasteiger partial charge in [0.05, 0.1) is 18.5 Å². The highest BCUT2D eigenvalue weighted by Gasteiger charge is 2.23. The molecule has 0 N–H and O–H groups in total. The highest BCUT2D eigenvalue weighted by Crippen LogP contribution is 2.29. The Bertz CT molecular complexity index is 786. The lowest BCUT2D eigenvalue weighted by atomic mass is 10.1. The minimum Gasteiger partial charge on any atom is -0.493 e. The van der Waals surface area contributed by atoms with Crippen LogP contribution < -0.4 is 14.4 Å². The summed E-state index contributed by atoms with van der Waals surface area (Å²) >= 11 is 0. The molecular formula is C20H22N2O3. The van der Waals surface area contributed by atoms with Gasteiger partial charge in [-0.15, -0.1) is 0 Å². The summed E-state index contributed by atoms with van der Waals surface area (Å²) in [5.74, 6) is 1.10. The van der Waals surface area contributed by atoms with Crippen molar-refractivity contribution in [3.05, 3.63) is 53.9 Å². The number of hydrogen-bond donors (Lipinski definition) is 0. The van der Waals surface area contributed by atoms with Crippen LogP contribution in [0.25, 0.3) is 6.08 Å². The molecule has 5 heteroatoms. The summed E-state index contributed by atoms with van der Waals surface area (Å²) in [7, 11) is 1.59. The maximum absolute atomic E-state index is 12.6. The number of amides is 1. The zero-order chi connectivity index (χ0) is 17.6. The lowest BCUT2D eigenvalue weighted by molar-refractivity contribution is -0.120. The molecule has 1 aromatic carbocycles. The quantitative estimate of drug-likeness (QED) is 0.837. The zero-order valence-electron chi connectivity index (χ0n) is 14.6. The number of fused-ring (bicyclic) bond motifs is 1. The first-order valence-electron chi connectivity index (χ1n) is 8.40. The molecule has 3 rings (SSSR count). The number of nitrogens with zero attached hydrogens (tertiary/aromatic N) is 2. The van der Waals surface area contributed by atoms with Crippen molar-refractivity contribution in [2.45, 2.75) is 19.8 Å². The summed E-state index contributed by atoms with van der Waals surface area (Å²) in [5, 5.41) is 0. The Morgan fingerprint density at radius 1 is 1.32 bits per heavy atom. The molecule has 130 valence electrons. The normalized spacial score (nSPS) is 13.6. The van der Waals surface area contributed by atoms with Crippen molar-refractivity contribution < 1.29 is 14.3 Å². The fraction of sp³-hybridized carbons (Fsp3) is 0.300. The fourth-order valence-electron chi connectivity index (χ4n) is 2.97. The van der Waals surface area contributed by atoms with E-state index < -0.39 is 0 Å². The third-order valence-corrected chi connectivity index (χ3v) is 4.15. The number of aryl methyl sites for hydroxylation is 1. The number of anilines is 1. The second kappa shape index (κ2) is 7.83. The number of rotatable bonds is 5. The highest BCUT2D eigenvalue weighted by atomic mass is 16.5. The van der Waals surface area contributed by atoms with Crippen LogP contribution in [-0.4, -0.2) is 31.2 Å². The molecule has 0 unspecified atom stereocenters. The lowest BCUT2D eigenvalue weighted by Crippen LogP contribution is -2.38. The Hall–Kier alpha value is -2.82. The van der Waals surface area contributed by atoms with E-state index in [2.05, 4.69) is 4.98 Å². The van der Waals surface area contributed by atoms with Crippen LogP contribution in [0.4, 0.5) is 5.69 Å². The lowest BCUT2D eigenvalue weighted by Gasteiger charge is -2.28. The van der Waals surface area contributed by atoms with Crippen molar-refractivity contribution in [1.29, 1.82) is 0 Å². The third kappa shape index (κ3) is 3.82. The van der Waals surface area contributed by atoms with Crippen LogP contribution in [-0.2, 0) is 11.2 Å². The van der Waals surface area contributed by atoms with Gasteiger partial charge in [0.15, 0.2) is 18.1 Å². The summed E-state index contributed by atoms with van der Waals surface area (Å²) in [4.78, 5) is 18.7. The minimum absolute atomic E-state index is 0.0341. The molecule has 25 heavy (non-hydrogen) atoms. The highest BCUT2D eigenvalue weighted by molar-refractivity contribution is 5.95. The van der Waals surface area contributed by atoms with Gasteiger partial charge in [-0.2, -0.15) is 0 Å². The number of benzene rings is 1. The van der Waals surface area contributed by atoms with Gasteiger partial charge in [-0.1, -0.05) is 18.2 Å². The van der Waals surface area contributed by atoms with E-state index in [0.29, 0.717) is 18.0 Å². The standard InChI is InChI=1S/C20H22N2O3/c1-3-6-15-9-10-18(19(13-15)24-2)25-14-20(23)22-12-5-7-16-17(22)8-4-11-21-16/h3-4,6,8-11,13H,5,7,12,14H2,1-2H3/b6-3+. The van der Waals surface area contributed by atoms with E-state index in [1.165, 1.54) is 0 Å². The van der Waals surface area contributed by atoms with Crippen molar-refractivity contribution in [2.75, 3.05) is 25.2 Å². The van der Waals surface area contributed by atoms with Crippen molar-refractivity contribution >= 4 is 17.7 Å². The minimum atomic E-state index is -0.0754. The predicted molar refractivity (Wildman–Crippen MR) is 98.1 cm³/mol. The number of aromatic nitrogens is 1. The molecule has 0 bridgehead atoms. The first-order chi connectivity index (χ1) is 12.2. The monoisotopic (exact) mass is 338 g/mol. The molecule has 0 spiro atoms. The fourth-order valence-corrected chi connectivity index (χ4v) is 2.97. The molecule has 2 aromatic rings. The van der Waals surface area contributed by atoms with Crippen LogP contribution >= 0.6 is 0 Å². The molecule has 0 aliphatic carbocycles. The SMILES string of the molecule is C/C=C/c1ccc(OCC(=O)N2CCCc3ncccc32)c(OC)c1. The van der Waals surface area contributed by atoms with Crippen LogP contribution in [0.5, 0.6) is 11.5 Å². The summed E-state index contributed by atoms with van der Waals surface area (Å²) in [6.45, 7) is 2.62. The van der Waals surface area contributed by atoms with Gasteiger partial charge < -0.3 is 14.4 Å². The van der Waals surface area contributed by atoms with E-state index >= 15 is 0 Å². The Kier molecular flexibility index (Phi) is 5.33. The smallest absolute Gasteiger partial charge is 0.264 e. The Labute approximate surface area is 147 Å². The third-order valence-electron chi connectivity index (χ3n) is 4.15. The van der Waals surface area contributed by atoms with Gasteiger partial charge in [0.2, 0.25) is 0 Å². The van der Waals surface area contributed by atoms with E-state index in [1.54, 1.807) is 18.2 Å². The average Bonchev–Trinajstić information content (AvgIpc) is 2.66. The molecule has 0 atom stereocenters. The molecule has 1 aliphatic heterocycles. The Morgan fingerprint density at radius 3 is 3.00 bits per heavy atom. The van der Waals surface area contributed by atoms with Crippen LogP contribution in [0.1, 0.15) is 24.6 Å². The molecule has 2 heterocycles. The van der Waals surface area contributed by atoms with Gasteiger partial charge in [-0.05, 0) is 49.6 Å². The zero-order valence-corrected chi connectivity index (χ0v) is 14.6. The first-order valence-corrected chi connectivity index (χ1v) is 8.40. The van der Waals surface area contributed by atoms with Crippen LogP contribution in [0, 0.1) is 0 Å². The van der Waals surface area contributed by atoms with Crippen LogP contribution in [0.15, 0.2) is 42.6 Å². The van der Waals surface area contributed by atoms with Gasteiger partial charge in [-0.25, -0.2) is 0 Å². The van der Waals surface area contributed by atoms with Crippen molar-refractivity contribution in [2.24, 2.45) is 0 Å². The molecule has 1 aromatic heterocycles. The van der Waals surface area contributed by atoms with Gasteiger partial charge in [0, 0.05) is 12.7 Å². The second-order valence-electron chi connectivity index (χ2n) is 5.82. The number of methoxy groups -OCH3 is 1. The van der Waals surface area contributed by atoms with Crippen LogP contribution in [0.3, 0.4) is 0 Å². The average molecular weight is 338 g/mol. The summed E-state index contributed by atoms with van der Waals surface area (Å²) in [6.07, 6.45) is 7.52. The maximum Gasteiger partial charge on any atom is 0.264 e. The number of carbonyl (C=O) groups is 1. The summed E-state index contributed by atoms with van der Waals surface area (Å²) in [6, 6.07) is 9.44. The molecule has 0 fully saturated rings. The van der Waals surface area contributed by atoms with Crippen LogP contribution in [0.2, 0.25) is 0 Å². The number of pyridine rings is 1. The van der Waals surface area contributed by atoms with E-state index in [4.69, 9.17) is 9.47 Å². The van der Waals surface area contributed by atoms with Crippen molar-refractivity contribution in [1.82, 2.24) is 4.98 Å². The van der Waals surface area contributed by atoms with Gasteiger partial charge in [0.1, 0.15) is 0 Å². The number of ether oxygens (including phenoxy) is 2. The number of carbonyl (C=O) groups excluding carboxylic acids is 1. The van der Waals surface area contributed by atoms with Gasteiger partial charge >= 0.3 is 0 Å². The summed E-state index contributed by atoms with van der Waals surface area (Å²) < 4.78 is 11.1. The topological polar surface area (TPSA) is 51.7 Å². The molecule has 1 aliphatic rings. The van der Waals surface area contributed by atoms with Crippen molar-refractivity contribution in [3.8, 4) is 11.5 Å². The molecule has 0 saturated heterocycles. The Morgan fingerprint density at radius 2 is 2.20 bits per heavy atom. The summed E-state index contributed by atoms with van der Waals surface area (Å²) in [5.41, 5.74) is 2.88. The molecular weight excluding hydrogens is 316 g/mol. The van der Waals surface area contributed by atoms with Gasteiger partial charge in [0.25, 0.3) is 5.91 Å². The van der Waals surface area contributed by atoms with Crippen molar-refractivity contribution in [3.63, 3.8) is 0 Å². The largest absolute Gasteiger partial charge is 0.493 e. The number of allylic oxidation sites excluding steroid dienone is 1. The van der Waals surface area contributed by atoms with Gasteiger partial charge in [-0.3, -0.25) is 9.78 Å². The Balaban J connectivity index is 1.71. The molecule has 1 amide bonds. The molecule has 0 saturated carbocycles. The number of hydrogen-bond acceptors (Lipinski definition) is 4. The predicted octanol–water partition coefficient (Wildman–Crippen LogP) is 3.48. The van der Waals surface area contributed by atoms with E-state index in [-0.39, 0.29) is 12.5 Å².